The molecule has 1 rings (SSSR count). The fourth-order valence-corrected chi connectivity index (χ4v) is 8.48. The Labute approximate surface area is 147 Å². The van der Waals surface area contributed by atoms with E-state index >= 15 is 0 Å². The van der Waals surface area contributed by atoms with Crippen molar-refractivity contribution >= 4 is 24.3 Å². The molecule has 150 valence electrons. The van der Waals surface area contributed by atoms with Crippen molar-refractivity contribution in [2.75, 3.05) is 13.2 Å². The Bertz CT molecular complexity index is 517. The number of hydrogen-bond acceptors (Lipinski definition) is 12. The average Bonchev–Trinajstić information content (AvgIpc) is 2.83. The van der Waals surface area contributed by atoms with Crippen molar-refractivity contribution in [2.24, 2.45) is 0 Å². The molecule has 12 nitrogen and oxygen atoms in total. The second-order valence-electron chi connectivity index (χ2n) is 5.51. The molecule has 0 aromatic rings. The van der Waals surface area contributed by atoms with E-state index in [0.717, 1.165) is 0 Å². The van der Waals surface area contributed by atoms with Gasteiger partial charge in [-0.2, -0.15) is 0 Å². The SMILES string of the molecule is O=S(=O)([O-])O[C@@H]([C@H](O)[C@H](O)CO)[C@@H](O)C(O)[Se+]1C[C@H](O)[C@@H](O)[C@@H]1CO. The minimum absolute atomic E-state index is 0.153. The van der Waals surface area contributed by atoms with Crippen LogP contribution in [0.2, 0.25) is 10.1 Å². The van der Waals surface area contributed by atoms with Gasteiger partial charge in [0.1, 0.15) is 0 Å². The predicted molar refractivity (Wildman–Crippen MR) is 79.1 cm³/mol. The van der Waals surface area contributed by atoms with Crippen molar-refractivity contribution in [3.05, 3.63) is 0 Å². The van der Waals surface area contributed by atoms with Gasteiger partial charge in [-0.15, -0.1) is 0 Å². The molecule has 1 aliphatic rings. The average molecular weight is 457 g/mol. The summed E-state index contributed by atoms with van der Waals surface area (Å²) in [5, 5.41) is 75.1. The van der Waals surface area contributed by atoms with Crippen LogP contribution < -0.4 is 0 Å². The van der Waals surface area contributed by atoms with Crippen LogP contribution >= 0.6 is 0 Å². The molecule has 9 atom stereocenters. The molecule has 8 N–H and O–H groups in total. The first kappa shape index (κ1) is 23.1. The second-order valence-corrected chi connectivity index (χ2v) is 11.5. The number of aliphatic hydroxyl groups excluding tert-OH is 8. The van der Waals surface area contributed by atoms with Crippen LogP contribution in [0.3, 0.4) is 0 Å². The normalized spacial score (nSPS) is 33.6. The maximum absolute atomic E-state index is 10.8. The van der Waals surface area contributed by atoms with Gasteiger partial charge in [-0.1, -0.05) is 0 Å². The third-order valence-corrected chi connectivity index (χ3v) is 10.2. The number of hydrogen-bond donors (Lipinski definition) is 8. The zero-order valence-electron chi connectivity index (χ0n) is 12.8. The number of rotatable bonds is 9. The first-order valence-corrected chi connectivity index (χ1v) is 11.6. The van der Waals surface area contributed by atoms with Crippen LogP contribution in [-0.4, -0.2) is 123 Å². The van der Waals surface area contributed by atoms with Crippen molar-refractivity contribution < 1.29 is 58.0 Å². The Morgan fingerprint density at radius 3 is 2.12 bits per heavy atom. The molecule has 0 spiro atoms. The van der Waals surface area contributed by atoms with E-state index in [1.54, 1.807) is 0 Å². The molecule has 1 aliphatic heterocycles. The van der Waals surface area contributed by atoms with Crippen molar-refractivity contribution in [1.82, 2.24) is 0 Å². The summed E-state index contributed by atoms with van der Waals surface area (Å²) in [4.78, 5) is -0.955. The first-order chi connectivity index (χ1) is 11.4. The van der Waals surface area contributed by atoms with E-state index in [9.17, 15) is 48.7 Å². The molecule has 14 heteroatoms. The molecule has 1 saturated heterocycles. The minimum atomic E-state index is -5.46. The Kier molecular flexibility index (Phi) is 8.62. The van der Waals surface area contributed by atoms with Crippen molar-refractivity contribution in [2.45, 2.75) is 51.8 Å². The maximum atomic E-state index is 10.8. The molecule has 0 bridgehead atoms. The van der Waals surface area contributed by atoms with Crippen LogP contribution in [0.25, 0.3) is 0 Å². The Morgan fingerprint density at radius 1 is 1.12 bits per heavy atom. The third-order valence-electron chi connectivity index (χ3n) is 3.79. The van der Waals surface area contributed by atoms with Crippen LogP contribution in [0.15, 0.2) is 0 Å². The molecular weight excluding hydrogens is 435 g/mol. The van der Waals surface area contributed by atoms with Crippen molar-refractivity contribution in [3.63, 3.8) is 0 Å². The fraction of sp³-hybridized carbons (Fsp3) is 1.00. The van der Waals surface area contributed by atoms with Gasteiger partial charge >= 0.3 is 147 Å². The van der Waals surface area contributed by atoms with Gasteiger partial charge in [0.15, 0.2) is 0 Å². The van der Waals surface area contributed by atoms with E-state index in [4.69, 9.17) is 5.11 Å². The van der Waals surface area contributed by atoms with Gasteiger partial charge in [-0.05, 0) is 0 Å². The van der Waals surface area contributed by atoms with E-state index in [0.29, 0.717) is 0 Å². The van der Waals surface area contributed by atoms with E-state index in [1.807, 2.05) is 0 Å². The van der Waals surface area contributed by atoms with E-state index in [1.165, 1.54) is 0 Å². The summed E-state index contributed by atoms with van der Waals surface area (Å²) in [7, 11) is -5.46. The molecule has 0 amide bonds. The summed E-state index contributed by atoms with van der Waals surface area (Å²) < 4.78 is 36.4. The van der Waals surface area contributed by atoms with Gasteiger partial charge in [-0.3, -0.25) is 0 Å². The van der Waals surface area contributed by atoms with Gasteiger partial charge in [0, 0.05) is 0 Å². The zero-order valence-corrected chi connectivity index (χ0v) is 15.3. The molecule has 0 aromatic carbocycles. The topological polar surface area (TPSA) is 228 Å². The van der Waals surface area contributed by atoms with Gasteiger partial charge in [0.05, 0.1) is 0 Å². The molecule has 1 heterocycles. The molecule has 25 heavy (non-hydrogen) atoms. The van der Waals surface area contributed by atoms with Gasteiger partial charge in [0.2, 0.25) is 0 Å². The Balaban J connectivity index is 3.04. The summed E-state index contributed by atoms with van der Waals surface area (Å²) in [5.74, 6) is 0. The standard InChI is InChI=1S/C11H22O12SSe/c12-1-4(14)8(17)10(23-24(20,21)22)9(18)11(19)25-3-5(15)7(16)6(25)2-13/h4-19H,1-3H2/t4-,5+,6+,7-,8-,9-,10+,11?,25?/m1/s1. The second kappa shape index (κ2) is 9.32. The molecule has 0 aromatic heterocycles. The molecular formula is C11H22O12SSe. The molecule has 2 unspecified atom stereocenters. The predicted octanol–water partition coefficient (Wildman–Crippen LogP) is -5.60. The monoisotopic (exact) mass is 458 g/mol. The quantitative estimate of drug-likeness (QED) is 0.0921. The first-order valence-electron chi connectivity index (χ1n) is 7.07. The summed E-state index contributed by atoms with van der Waals surface area (Å²) in [5.41, 5.74) is 0. The summed E-state index contributed by atoms with van der Waals surface area (Å²) >= 11 is -2.58. The van der Waals surface area contributed by atoms with Crippen LogP contribution in [0.1, 0.15) is 0 Å². The Morgan fingerprint density at radius 2 is 1.68 bits per heavy atom. The summed E-state index contributed by atoms with van der Waals surface area (Å²) in [6.07, 6.45) is -11.4. The van der Waals surface area contributed by atoms with E-state index < -0.39 is 84.0 Å². The van der Waals surface area contributed by atoms with Gasteiger partial charge in [0.25, 0.3) is 0 Å². The van der Waals surface area contributed by atoms with Crippen LogP contribution in [0.4, 0.5) is 0 Å². The fourth-order valence-electron chi connectivity index (χ4n) is 2.45. The van der Waals surface area contributed by atoms with Gasteiger partial charge < -0.3 is 0 Å². The summed E-state index contributed by atoms with van der Waals surface area (Å²) in [6.45, 7) is -1.68. The summed E-state index contributed by atoms with van der Waals surface area (Å²) in [6, 6.07) is 0. The molecule has 0 saturated carbocycles. The van der Waals surface area contributed by atoms with E-state index in [-0.39, 0.29) is 5.32 Å². The molecule has 0 aliphatic carbocycles. The molecule has 1 fully saturated rings. The van der Waals surface area contributed by atoms with Crippen LogP contribution in [0, 0.1) is 0 Å². The van der Waals surface area contributed by atoms with Gasteiger partial charge in [-0.25, -0.2) is 0 Å². The Hall–Kier alpha value is 0.0695. The van der Waals surface area contributed by atoms with E-state index in [2.05, 4.69) is 4.18 Å². The van der Waals surface area contributed by atoms with Crippen molar-refractivity contribution in [1.29, 1.82) is 0 Å². The van der Waals surface area contributed by atoms with Crippen molar-refractivity contribution in [3.8, 4) is 0 Å². The zero-order chi connectivity index (χ0) is 19.5. The molecule has 0 radical (unpaired) electrons. The third kappa shape index (κ3) is 5.77. The van der Waals surface area contributed by atoms with Crippen LogP contribution in [0.5, 0.6) is 0 Å². The number of aliphatic hydroxyl groups is 8. The van der Waals surface area contributed by atoms with Crippen LogP contribution in [-0.2, 0) is 14.6 Å².